The molecule has 1 aliphatic rings. The normalized spacial score (nSPS) is 13.9. The summed E-state index contributed by atoms with van der Waals surface area (Å²) in [5.41, 5.74) is 3.96. The van der Waals surface area contributed by atoms with E-state index in [1.165, 1.54) is 6.33 Å². The first-order valence-electron chi connectivity index (χ1n) is 11.2. The Balaban J connectivity index is 1.25. The van der Waals surface area contributed by atoms with Gasteiger partial charge in [-0.05, 0) is 30.3 Å². The van der Waals surface area contributed by atoms with Gasteiger partial charge in [0.05, 0.1) is 28.6 Å². The van der Waals surface area contributed by atoms with Gasteiger partial charge in [-0.25, -0.2) is 24.9 Å². The predicted molar refractivity (Wildman–Crippen MR) is 136 cm³/mol. The van der Waals surface area contributed by atoms with E-state index in [2.05, 4.69) is 35.5 Å². The number of imidazole rings is 1. The molecule has 6 rings (SSSR count). The summed E-state index contributed by atoms with van der Waals surface area (Å²) in [5, 5.41) is 7.11. The van der Waals surface area contributed by atoms with Crippen molar-refractivity contribution in [2.45, 2.75) is 0 Å². The summed E-state index contributed by atoms with van der Waals surface area (Å²) in [4.78, 5) is 24.5. The average Bonchev–Trinajstić information content (AvgIpc) is 3.26. The Hall–Kier alpha value is -4.02. The minimum absolute atomic E-state index is 0.464. The van der Waals surface area contributed by atoms with E-state index in [4.69, 9.17) is 21.3 Å². The largest absolute Gasteiger partial charge is 0.456 e. The van der Waals surface area contributed by atoms with Crippen LogP contribution in [0.15, 0.2) is 55.2 Å². The summed E-state index contributed by atoms with van der Waals surface area (Å²) in [5.74, 6) is 2.46. The molecule has 4 heterocycles. The fourth-order valence-electron chi connectivity index (χ4n) is 4.06. The Labute approximate surface area is 206 Å². The van der Waals surface area contributed by atoms with Crippen molar-refractivity contribution in [3.63, 3.8) is 0 Å². The van der Waals surface area contributed by atoms with Gasteiger partial charge in [-0.3, -0.25) is 0 Å². The molecule has 2 N–H and O–H groups in total. The zero-order valence-corrected chi connectivity index (χ0v) is 19.7. The second kappa shape index (κ2) is 8.97. The van der Waals surface area contributed by atoms with E-state index in [1.807, 2.05) is 41.9 Å². The molecule has 3 aromatic heterocycles. The first-order valence-corrected chi connectivity index (χ1v) is 11.6. The molecule has 0 unspecified atom stereocenters. The molecule has 0 spiro atoms. The zero-order valence-electron chi connectivity index (χ0n) is 18.9. The number of hydrogen-bond donors (Lipinski definition) is 2. The fraction of sp³-hybridized carbons (Fsp3) is 0.208. The van der Waals surface area contributed by atoms with E-state index in [0.29, 0.717) is 39.3 Å². The van der Waals surface area contributed by atoms with Gasteiger partial charge in [0, 0.05) is 45.0 Å². The van der Waals surface area contributed by atoms with Gasteiger partial charge in [0.1, 0.15) is 28.9 Å². The van der Waals surface area contributed by atoms with E-state index in [9.17, 15) is 0 Å². The van der Waals surface area contributed by atoms with Crippen LogP contribution in [-0.2, 0) is 7.05 Å². The van der Waals surface area contributed by atoms with Gasteiger partial charge in [-0.15, -0.1) is 0 Å². The summed E-state index contributed by atoms with van der Waals surface area (Å²) in [6.45, 7) is 3.51. The number of nitrogens with one attached hydrogen (secondary N) is 2. The number of rotatable bonds is 5. The number of anilines is 3. The summed E-state index contributed by atoms with van der Waals surface area (Å²) < 4.78 is 7.98. The third kappa shape index (κ3) is 4.29. The molecular formula is C24H22ClN9O. The monoisotopic (exact) mass is 487 g/mol. The molecule has 0 atom stereocenters. The highest BCUT2D eigenvalue weighted by Crippen LogP contribution is 2.34. The van der Waals surface area contributed by atoms with Crippen LogP contribution >= 0.6 is 11.6 Å². The number of halogens is 1. The van der Waals surface area contributed by atoms with E-state index >= 15 is 0 Å². The van der Waals surface area contributed by atoms with Crippen molar-refractivity contribution in [3.8, 4) is 11.5 Å². The van der Waals surface area contributed by atoms with Crippen LogP contribution in [0.1, 0.15) is 0 Å². The van der Waals surface area contributed by atoms with Gasteiger partial charge in [-0.1, -0.05) is 11.6 Å². The topological polar surface area (TPSA) is 106 Å². The van der Waals surface area contributed by atoms with Gasteiger partial charge in [0.2, 0.25) is 5.95 Å². The van der Waals surface area contributed by atoms with Crippen molar-refractivity contribution in [3.05, 3.63) is 60.3 Å². The van der Waals surface area contributed by atoms with Crippen LogP contribution < -0.4 is 20.3 Å². The molecule has 1 aliphatic heterocycles. The summed E-state index contributed by atoms with van der Waals surface area (Å²) in [7, 11) is 1.96. The maximum atomic E-state index is 6.56. The quantitative estimate of drug-likeness (QED) is 0.381. The van der Waals surface area contributed by atoms with Crippen molar-refractivity contribution < 1.29 is 4.74 Å². The Kier molecular flexibility index (Phi) is 5.51. The predicted octanol–water partition coefficient (Wildman–Crippen LogP) is 3.91. The molecule has 0 radical (unpaired) electrons. The molecule has 0 aliphatic carbocycles. The molecule has 0 saturated carbocycles. The first kappa shape index (κ1) is 21.5. The van der Waals surface area contributed by atoms with Crippen LogP contribution in [0, 0.1) is 0 Å². The average molecular weight is 488 g/mol. The standard InChI is InChI=1S/C24H22ClN9O/c1-33-14-30-18-11-16(3-4-20(18)33)35-21-5-2-15(10-17(21)25)31-23-22-19(28-13-29-23)12-27-24(32-22)34-8-6-26-7-9-34/h2-5,10-14,26H,6-9H2,1H3,(H,28,29,31). The number of fused-ring (bicyclic) bond motifs is 2. The third-order valence-electron chi connectivity index (χ3n) is 5.88. The van der Waals surface area contributed by atoms with Crippen LogP contribution in [0.2, 0.25) is 5.02 Å². The smallest absolute Gasteiger partial charge is 0.226 e. The molecule has 11 heteroatoms. The summed E-state index contributed by atoms with van der Waals surface area (Å²) >= 11 is 6.56. The van der Waals surface area contributed by atoms with Crippen molar-refractivity contribution >= 4 is 51.1 Å². The highest BCUT2D eigenvalue weighted by Gasteiger charge is 2.16. The Morgan fingerprint density at radius 3 is 2.74 bits per heavy atom. The van der Waals surface area contributed by atoms with Crippen LogP contribution in [0.25, 0.3) is 22.1 Å². The molecule has 176 valence electrons. The lowest BCUT2D eigenvalue weighted by atomic mass is 10.2. The minimum atomic E-state index is 0.464. The maximum Gasteiger partial charge on any atom is 0.226 e. The molecular weight excluding hydrogens is 466 g/mol. The van der Waals surface area contributed by atoms with Crippen LogP contribution in [0.4, 0.5) is 17.5 Å². The molecule has 35 heavy (non-hydrogen) atoms. The van der Waals surface area contributed by atoms with E-state index in [-0.39, 0.29) is 0 Å². The Morgan fingerprint density at radius 1 is 1.00 bits per heavy atom. The molecule has 2 aromatic carbocycles. The molecule has 0 amide bonds. The van der Waals surface area contributed by atoms with Crippen molar-refractivity contribution in [1.29, 1.82) is 0 Å². The number of aryl methyl sites for hydroxylation is 1. The molecule has 1 fully saturated rings. The first-order chi connectivity index (χ1) is 17.1. The Bertz CT molecular complexity index is 1530. The number of hydrogen-bond acceptors (Lipinski definition) is 9. The number of piperazine rings is 1. The lowest BCUT2D eigenvalue weighted by Gasteiger charge is -2.27. The van der Waals surface area contributed by atoms with Gasteiger partial charge < -0.3 is 24.8 Å². The van der Waals surface area contributed by atoms with Gasteiger partial charge in [-0.2, -0.15) is 0 Å². The molecule has 10 nitrogen and oxygen atoms in total. The van der Waals surface area contributed by atoms with E-state index in [1.54, 1.807) is 18.6 Å². The molecule has 0 bridgehead atoms. The summed E-state index contributed by atoms with van der Waals surface area (Å²) in [6.07, 6.45) is 5.00. The lowest BCUT2D eigenvalue weighted by molar-refractivity contribution is 0.483. The maximum absolute atomic E-state index is 6.56. The fourth-order valence-corrected chi connectivity index (χ4v) is 4.28. The van der Waals surface area contributed by atoms with Crippen molar-refractivity contribution in [2.24, 2.45) is 7.05 Å². The number of ether oxygens (including phenoxy) is 1. The van der Waals surface area contributed by atoms with E-state index < -0.39 is 0 Å². The summed E-state index contributed by atoms with van der Waals surface area (Å²) in [6, 6.07) is 11.3. The molecule has 5 aromatic rings. The van der Waals surface area contributed by atoms with Gasteiger partial charge >= 0.3 is 0 Å². The zero-order chi connectivity index (χ0) is 23.8. The van der Waals surface area contributed by atoms with E-state index in [0.717, 1.165) is 42.9 Å². The van der Waals surface area contributed by atoms with Gasteiger partial charge in [0.25, 0.3) is 0 Å². The second-order valence-corrected chi connectivity index (χ2v) is 8.65. The highest BCUT2D eigenvalue weighted by atomic mass is 35.5. The second-order valence-electron chi connectivity index (χ2n) is 8.24. The SMILES string of the molecule is Cn1cnc2cc(Oc3ccc(Nc4ncnc5cnc(N6CCNCC6)nc45)cc3Cl)ccc21. The number of aromatic nitrogens is 6. The minimum Gasteiger partial charge on any atom is -0.456 e. The number of benzene rings is 2. The lowest BCUT2D eigenvalue weighted by Crippen LogP contribution is -2.44. The highest BCUT2D eigenvalue weighted by molar-refractivity contribution is 6.32. The van der Waals surface area contributed by atoms with Crippen molar-refractivity contribution in [2.75, 3.05) is 36.4 Å². The third-order valence-corrected chi connectivity index (χ3v) is 6.18. The van der Waals surface area contributed by atoms with Crippen LogP contribution in [-0.4, -0.2) is 55.7 Å². The van der Waals surface area contributed by atoms with Gasteiger partial charge in [0.15, 0.2) is 5.82 Å². The van der Waals surface area contributed by atoms with Crippen LogP contribution in [0.5, 0.6) is 11.5 Å². The number of nitrogens with zero attached hydrogens (tertiary/aromatic N) is 7. The van der Waals surface area contributed by atoms with Crippen LogP contribution in [0.3, 0.4) is 0 Å². The Morgan fingerprint density at radius 2 is 1.89 bits per heavy atom. The molecule has 1 saturated heterocycles. The van der Waals surface area contributed by atoms with Crippen molar-refractivity contribution in [1.82, 2.24) is 34.8 Å².